The van der Waals surface area contributed by atoms with Crippen LogP contribution in [0.3, 0.4) is 0 Å². The number of rotatable bonds is 1. The maximum absolute atomic E-state index is 12.5. The van der Waals surface area contributed by atoms with Crippen molar-refractivity contribution < 1.29 is 4.79 Å². The lowest BCUT2D eigenvalue weighted by Crippen LogP contribution is -2.47. The molecule has 1 aliphatic rings. The van der Waals surface area contributed by atoms with Gasteiger partial charge in [-0.3, -0.25) is 4.79 Å². The number of amides is 1. The largest absolute Gasteiger partial charge is 0.342 e. The molecule has 5 heteroatoms. The van der Waals surface area contributed by atoms with Crippen LogP contribution in [0.5, 0.6) is 0 Å². The summed E-state index contributed by atoms with van der Waals surface area (Å²) < 4.78 is 0. The van der Waals surface area contributed by atoms with Gasteiger partial charge >= 0.3 is 0 Å². The summed E-state index contributed by atoms with van der Waals surface area (Å²) in [6, 6.07) is 2.01. The van der Waals surface area contributed by atoms with Crippen molar-refractivity contribution in [1.29, 1.82) is 0 Å². The van der Waals surface area contributed by atoms with Crippen LogP contribution in [0.15, 0.2) is 6.07 Å². The summed E-state index contributed by atoms with van der Waals surface area (Å²) in [5.74, 6) is 0.133. The van der Waals surface area contributed by atoms with Crippen molar-refractivity contribution in [2.24, 2.45) is 0 Å². The van der Waals surface area contributed by atoms with Gasteiger partial charge in [0.15, 0.2) is 0 Å². The smallest absolute Gasteiger partial charge is 0.270 e. The molecular weight excluding hydrogens is 258 g/mol. The molecule has 0 aromatic carbocycles. The Morgan fingerprint density at radius 2 is 1.95 bits per heavy atom. The lowest BCUT2D eigenvalue weighted by Gasteiger charge is -2.32. The first-order valence-electron chi connectivity index (χ1n) is 6.63. The Labute approximate surface area is 117 Å². The fourth-order valence-corrected chi connectivity index (χ4v) is 3.56. The van der Waals surface area contributed by atoms with Crippen LogP contribution < -0.4 is 0 Å². The predicted octanol–water partition coefficient (Wildman–Crippen LogP) is 2.23. The third-order valence-corrected chi connectivity index (χ3v) is 5.13. The molecule has 0 spiro atoms. The molecule has 1 N–H and O–H groups in total. The van der Waals surface area contributed by atoms with Crippen molar-refractivity contribution in [1.82, 2.24) is 14.8 Å². The number of nitrogens with zero attached hydrogens (tertiary/aromatic N) is 2. The number of carbonyl (C=O) groups is 1. The summed E-state index contributed by atoms with van der Waals surface area (Å²) in [5.41, 5.74) is 2.02. The molecule has 3 heterocycles. The van der Waals surface area contributed by atoms with Gasteiger partial charge in [0.25, 0.3) is 5.91 Å². The normalized spacial score (nSPS) is 17.3. The van der Waals surface area contributed by atoms with E-state index in [1.165, 1.54) is 15.8 Å². The minimum Gasteiger partial charge on any atom is -0.342 e. The molecular formula is C14H19N3OS. The number of piperazine rings is 1. The Balaban J connectivity index is 1.85. The van der Waals surface area contributed by atoms with Crippen molar-refractivity contribution in [2.75, 3.05) is 33.2 Å². The molecule has 1 saturated heterocycles. The maximum Gasteiger partial charge on any atom is 0.270 e. The van der Waals surface area contributed by atoms with E-state index in [2.05, 4.69) is 30.8 Å². The highest BCUT2D eigenvalue weighted by atomic mass is 32.1. The fourth-order valence-electron chi connectivity index (χ4n) is 2.51. The highest BCUT2D eigenvalue weighted by Crippen LogP contribution is 2.30. The molecule has 19 heavy (non-hydrogen) atoms. The average molecular weight is 277 g/mol. The lowest BCUT2D eigenvalue weighted by atomic mass is 10.2. The zero-order valence-corrected chi connectivity index (χ0v) is 12.4. The molecule has 2 aromatic heterocycles. The molecule has 3 rings (SSSR count). The Bertz CT molecular complexity index is 620. The van der Waals surface area contributed by atoms with E-state index < -0.39 is 0 Å². The van der Waals surface area contributed by atoms with Crippen LogP contribution in [-0.4, -0.2) is 53.9 Å². The van der Waals surface area contributed by atoms with Gasteiger partial charge in [-0.2, -0.15) is 0 Å². The Hall–Kier alpha value is -1.33. The quantitative estimate of drug-likeness (QED) is 0.868. The van der Waals surface area contributed by atoms with Gasteiger partial charge in [0.1, 0.15) is 10.5 Å². The number of aromatic amines is 1. The first-order valence-corrected chi connectivity index (χ1v) is 7.44. The number of fused-ring (bicyclic) bond motifs is 1. The van der Waals surface area contributed by atoms with E-state index in [-0.39, 0.29) is 5.91 Å². The zero-order chi connectivity index (χ0) is 13.6. The highest BCUT2D eigenvalue weighted by molar-refractivity contribution is 7.18. The second kappa shape index (κ2) is 4.65. The number of H-pyrrole nitrogens is 1. The van der Waals surface area contributed by atoms with Crippen molar-refractivity contribution in [2.45, 2.75) is 13.8 Å². The van der Waals surface area contributed by atoms with Crippen molar-refractivity contribution in [3.63, 3.8) is 0 Å². The lowest BCUT2D eigenvalue weighted by molar-refractivity contribution is 0.0659. The molecule has 0 aliphatic carbocycles. The minimum absolute atomic E-state index is 0.133. The summed E-state index contributed by atoms with van der Waals surface area (Å²) in [6.07, 6.45) is 0. The first kappa shape index (κ1) is 12.7. The summed E-state index contributed by atoms with van der Waals surface area (Å²) in [5, 5.41) is 1.19. The number of aryl methyl sites for hydroxylation is 2. The van der Waals surface area contributed by atoms with Crippen LogP contribution in [0, 0.1) is 13.8 Å². The average Bonchev–Trinajstić information content (AvgIpc) is 2.91. The third-order valence-electron chi connectivity index (χ3n) is 3.99. The second-order valence-electron chi connectivity index (χ2n) is 5.30. The topological polar surface area (TPSA) is 39.3 Å². The Kier molecular flexibility index (Phi) is 3.11. The van der Waals surface area contributed by atoms with E-state index in [4.69, 9.17) is 0 Å². The van der Waals surface area contributed by atoms with Gasteiger partial charge in [-0.05, 0) is 32.5 Å². The fraction of sp³-hybridized carbons (Fsp3) is 0.500. The number of hydrogen-bond acceptors (Lipinski definition) is 3. The second-order valence-corrected chi connectivity index (χ2v) is 6.53. The van der Waals surface area contributed by atoms with E-state index in [1.54, 1.807) is 11.3 Å². The summed E-state index contributed by atoms with van der Waals surface area (Å²) >= 11 is 1.73. The molecule has 4 nitrogen and oxygen atoms in total. The van der Waals surface area contributed by atoms with E-state index in [0.717, 1.165) is 36.7 Å². The van der Waals surface area contributed by atoms with Gasteiger partial charge in [0, 0.05) is 36.4 Å². The van der Waals surface area contributed by atoms with Crippen LogP contribution in [0.4, 0.5) is 0 Å². The Morgan fingerprint density at radius 3 is 2.58 bits per heavy atom. The molecule has 0 radical (unpaired) electrons. The van der Waals surface area contributed by atoms with E-state index >= 15 is 0 Å². The molecule has 0 saturated carbocycles. The molecule has 0 bridgehead atoms. The first-order chi connectivity index (χ1) is 9.06. The number of thiophene rings is 1. The van der Waals surface area contributed by atoms with Gasteiger partial charge in [-0.25, -0.2) is 0 Å². The van der Waals surface area contributed by atoms with E-state index in [9.17, 15) is 4.79 Å². The van der Waals surface area contributed by atoms with E-state index in [0.29, 0.717) is 0 Å². The molecule has 0 atom stereocenters. The minimum atomic E-state index is 0.133. The van der Waals surface area contributed by atoms with Gasteiger partial charge in [-0.15, -0.1) is 11.3 Å². The predicted molar refractivity (Wildman–Crippen MR) is 79.1 cm³/mol. The number of carbonyl (C=O) groups excluding carboxylic acids is 1. The third kappa shape index (κ3) is 2.17. The molecule has 1 aliphatic heterocycles. The highest BCUT2D eigenvalue weighted by Gasteiger charge is 2.22. The Morgan fingerprint density at radius 1 is 1.26 bits per heavy atom. The van der Waals surface area contributed by atoms with Gasteiger partial charge in [-0.1, -0.05) is 0 Å². The zero-order valence-electron chi connectivity index (χ0n) is 11.6. The molecule has 1 amide bonds. The van der Waals surface area contributed by atoms with Crippen LogP contribution in [-0.2, 0) is 0 Å². The summed E-state index contributed by atoms with van der Waals surface area (Å²) in [7, 11) is 2.10. The number of hydrogen-bond donors (Lipinski definition) is 1. The van der Waals surface area contributed by atoms with Crippen molar-refractivity contribution in [3.05, 3.63) is 22.2 Å². The molecule has 0 unspecified atom stereocenters. The van der Waals surface area contributed by atoms with Crippen LogP contribution in [0.1, 0.15) is 20.9 Å². The molecule has 2 aromatic rings. The van der Waals surface area contributed by atoms with Crippen LogP contribution in [0.2, 0.25) is 0 Å². The molecule has 102 valence electrons. The van der Waals surface area contributed by atoms with Crippen LogP contribution >= 0.6 is 11.3 Å². The van der Waals surface area contributed by atoms with Crippen molar-refractivity contribution in [3.8, 4) is 0 Å². The summed E-state index contributed by atoms with van der Waals surface area (Å²) in [6.45, 7) is 7.79. The van der Waals surface area contributed by atoms with Gasteiger partial charge < -0.3 is 14.8 Å². The summed E-state index contributed by atoms with van der Waals surface area (Å²) in [4.78, 5) is 22.4. The van der Waals surface area contributed by atoms with E-state index in [1.807, 2.05) is 11.0 Å². The SMILES string of the molecule is Cc1sc2[nH]c(C(=O)N3CCN(C)CC3)cc2c1C. The monoisotopic (exact) mass is 277 g/mol. The molecule has 1 fully saturated rings. The number of likely N-dealkylation sites (N-methyl/N-ethyl adjacent to an activating group) is 1. The van der Waals surface area contributed by atoms with Gasteiger partial charge in [0.2, 0.25) is 0 Å². The number of nitrogens with one attached hydrogen (secondary N) is 1. The van der Waals surface area contributed by atoms with Crippen LogP contribution in [0.25, 0.3) is 10.2 Å². The van der Waals surface area contributed by atoms with Crippen molar-refractivity contribution >= 4 is 27.5 Å². The van der Waals surface area contributed by atoms with Gasteiger partial charge in [0.05, 0.1) is 0 Å². The number of aromatic nitrogens is 1. The maximum atomic E-state index is 12.5. The standard InChI is InChI=1S/C14H19N3OS/c1-9-10(2)19-13-11(9)8-12(15-13)14(18)17-6-4-16(3)5-7-17/h8,15H,4-7H2,1-3H3.